The number of nitrogen functional groups attached to an aromatic ring is 1. The zero-order valence-electron chi connectivity index (χ0n) is 14.2. The molecule has 26 heavy (non-hydrogen) atoms. The second kappa shape index (κ2) is 5.80. The number of rotatable bonds is 2. The maximum atomic E-state index is 13.5. The highest BCUT2D eigenvalue weighted by atomic mass is 19.1. The smallest absolute Gasteiger partial charge is 0.262 e. The Kier molecular flexibility index (Phi) is 3.57. The van der Waals surface area contributed by atoms with Crippen LogP contribution in [0.5, 0.6) is 0 Å². The van der Waals surface area contributed by atoms with Gasteiger partial charge in [-0.05, 0) is 42.8 Å². The van der Waals surface area contributed by atoms with Gasteiger partial charge in [0.05, 0.1) is 11.3 Å². The molecule has 1 aromatic carbocycles. The van der Waals surface area contributed by atoms with Gasteiger partial charge in [-0.25, -0.2) is 14.4 Å². The first-order valence-corrected chi connectivity index (χ1v) is 7.94. The summed E-state index contributed by atoms with van der Waals surface area (Å²) >= 11 is 0. The standard InChI is InChI=1S/C19H15FN4O2/c1-10-6-7-14(26-10)17-15-16(22-19(21)23-17)13(24(2)18(15)25)9-11-4-3-5-12(20)8-11/h3-9H,1-2H3,(H2,21,22,23)/b13-9+. The second-order valence-corrected chi connectivity index (χ2v) is 6.01. The third-order valence-electron chi connectivity index (χ3n) is 4.17. The van der Waals surface area contributed by atoms with Gasteiger partial charge in [-0.15, -0.1) is 0 Å². The molecule has 0 radical (unpaired) electrons. The van der Waals surface area contributed by atoms with E-state index in [1.807, 2.05) is 0 Å². The highest BCUT2D eigenvalue weighted by Crippen LogP contribution is 2.37. The Morgan fingerprint density at radius 1 is 1.19 bits per heavy atom. The van der Waals surface area contributed by atoms with Crippen molar-refractivity contribution in [3.8, 4) is 11.5 Å². The maximum absolute atomic E-state index is 13.5. The number of anilines is 1. The Morgan fingerprint density at radius 3 is 2.65 bits per heavy atom. The number of fused-ring (bicyclic) bond motifs is 1. The molecule has 0 fully saturated rings. The topological polar surface area (TPSA) is 85.2 Å². The molecule has 2 aromatic heterocycles. The predicted octanol–water partition coefficient (Wildman–Crippen LogP) is 3.35. The summed E-state index contributed by atoms with van der Waals surface area (Å²) in [5.41, 5.74) is 8.07. The van der Waals surface area contributed by atoms with E-state index in [9.17, 15) is 9.18 Å². The van der Waals surface area contributed by atoms with Crippen LogP contribution in [0.2, 0.25) is 0 Å². The van der Waals surface area contributed by atoms with Crippen LogP contribution in [0.1, 0.15) is 27.4 Å². The zero-order chi connectivity index (χ0) is 18.4. The molecule has 1 aliphatic rings. The number of benzene rings is 1. The molecular weight excluding hydrogens is 335 g/mol. The van der Waals surface area contributed by atoms with Crippen LogP contribution in [0.4, 0.5) is 10.3 Å². The largest absolute Gasteiger partial charge is 0.460 e. The fraction of sp³-hybridized carbons (Fsp3) is 0.105. The van der Waals surface area contributed by atoms with Crippen molar-refractivity contribution in [2.45, 2.75) is 6.92 Å². The number of hydrogen-bond acceptors (Lipinski definition) is 5. The van der Waals surface area contributed by atoms with Gasteiger partial charge >= 0.3 is 0 Å². The molecule has 4 rings (SSSR count). The lowest BCUT2D eigenvalue weighted by Crippen LogP contribution is -2.17. The van der Waals surface area contributed by atoms with Crippen molar-refractivity contribution in [2.24, 2.45) is 0 Å². The molecule has 1 amide bonds. The molecule has 6 nitrogen and oxygen atoms in total. The van der Waals surface area contributed by atoms with Gasteiger partial charge in [0.25, 0.3) is 5.91 Å². The SMILES string of the molecule is Cc1ccc(-c2nc(N)nc3c2C(=O)N(C)/C3=C/c2cccc(F)c2)o1. The van der Waals surface area contributed by atoms with E-state index >= 15 is 0 Å². The summed E-state index contributed by atoms with van der Waals surface area (Å²) in [7, 11) is 1.63. The van der Waals surface area contributed by atoms with E-state index in [0.29, 0.717) is 39.7 Å². The molecule has 0 unspecified atom stereocenters. The van der Waals surface area contributed by atoms with E-state index < -0.39 is 0 Å². The summed E-state index contributed by atoms with van der Waals surface area (Å²) in [6.07, 6.45) is 1.69. The Morgan fingerprint density at radius 2 is 1.96 bits per heavy atom. The summed E-state index contributed by atoms with van der Waals surface area (Å²) < 4.78 is 19.1. The molecule has 7 heteroatoms. The van der Waals surface area contributed by atoms with Gasteiger partial charge in [0.1, 0.15) is 23.0 Å². The lowest BCUT2D eigenvalue weighted by Gasteiger charge is -2.10. The number of nitrogens with zero attached hydrogens (tertiary/aromatic N) is 3. The van der Waals surface area contributed by atoms with Gasteiger partial charge in [0.2, 0.25) is 5.95 Å². The summed E-state index contributed by atoms with van der Waals surface area (Å²) in [4.78, 5) is 22.7. The van der Waals surface area contributed by atoms with Crippen LogP contribution in [0.15, 0.2) is 40.8 Å². The van der Waals surface area contributed by atoms with Crippen molar-refractivity contribution in [2.75, 3.05) is 12.8 Å². The minimum Gasteiger partial charge on any atom is -0.460 e. The number of carbonyl (C=O) groups excluding carboxylic acids is 1. The van der Waals surface area contributed by atoms with E-state index in [0.717, 1.165) is 0 Å². The quantitative estimate of drug-likeness (QED) is 0.766. The fourth-order valence-electron chi connectivity index (χ4n) is 2.96. The van der Waals surface area contributed by atoms with E-state index in [1.54, 1.807) is 44.3 Å². The normalized spacial score (nSPS) is 15.0. The van der Waals surface area contributed by atoms with Crippen molar-refractivity contribution < 1.29 is 13.6 Å². The molecule has 130 valence electrons. The van der Waals surface area contributed by atoms with Gasteiger partial charge in [0.15, 0.2) is 5.76 Å². The van der Waals surface area contributed by atoms with Crippen LogP contribution in [-0.4, -0.2) is 27.8 Å². The molecule has 1 aliphatic heterocycles. The highest BCUT2D eigenvalue weighted by Gasteiger charge is 2.36. The number of amides is 1. The van der Waals surface area contributed by atoms with Crippen molar-refractivity contribution in [1.29, 1.82) is 0 Å². The zero-order valence-corrected chi connectivity index (χ0v) is 14.2. The van der Waals surface area contributed by atoms with Gasteiger partial charge in [-0.1, -0.05) is 12.1 Å². The molecule has 3 heterocycles. The van der Waals surface area contributed by atoms with Crippen LogP contribution in [-0.2, 0) is 0 Å². The van der Waals surface area contributed by atoms with Crippen molar-refractivity contribution in [3.05, 3.63) is 64.8 Å². The summed E-state index contributed by atoms with van der Waals surface area (Å²) in [5.74, 6) is 0.537. The average Bonchev–Trinajstić information content (AvgIpc) is 3.12. The number of hydrogen-bond donors (Lipinski definition) is 1. The number of halogens is 1. The molecular formula is C19H15FN4O2. The van der Waals surface area contributed by atoms with Crippen LogP contribution >= 0.6 is 0 Å². The van der Waals surface area contributed by atoms with E-state index in [2.05, 4.69) is 9.97 Å². The van der Waals surface area contributed by atoms with Crippen molar-refractivity contribution in [1.82, 2.24) is 14.9 Å². The minimum atomic E-state index is -0.361. The summed E-state index contributed by atoms with van der Waals surface area (Å²) in [6.45, 7) is 1.80. The molecule has 2 N–H and O–H groups in total. The van der Waals surface area contributed by atoms with Crippen LogP contribution in [0.25, 0.3) is 23.2 Å². The molecule has 0 aliphatic carbocycles. The summed E-state index contributed by atoms with van der Waals surface area (Å²) in [5, 5.41) is 0. The second-order valence-electron chi connectivity index (χ2n) is 6.01. The Balaban J connectivity index is 1.93. The number of furan rings is 1. The minimum absolute atomic E-state index is 0.0287. The van der Waals surface area contributed by atoms with E-state index in [-0.39, 0.29) is 17.7 Å². The number of carbonyl (C=O) groups is 1. The van der Waals surface area contributed by atoms with Gasteiger partial charge in [0, 0.05) is 7.05 Å². The van der Waals surface area contributed by atoms with Gasteiger partial charge in [-0.3, -0.25) is 4.79 Å². The fourth-order valence-corrected chi connectivity index (χ4v) is 2.96. The first-order valence-electron chi connectivity index (χ1n) is 7.94. The molecule has 0 saturated carbocycles. The number of aromatic nitrogens is 2. The third-order valence-corrected chi connectivity index (χ3v) is 4.17. The Hall–Kier alpha value is -3.48. The highest BCUT2D eigenvalue weighted by molar-refractivity contribution is 6.13. The van der Waals surface area contributed by atoms with Crippen LogP contribution in [0.3, 0.4) is 0 Å². The molecule has 0 saturated heterocycles. The van der Waals surface area contributed by atoms with Crippen LogP contribution in [0, 0.1) is 12.7 Å². The van der Waals surface area contributed by atoms with Crippen LogP contribution < -0.4 is 5.73 Å². The summed E-state index contributed by atoms with van der Waals surface area (Å²) in [6, 6.07) is 9.60. The molecule has 0 atom stereocenters. The van der Waals surface area contributed by atoms with Gasteiger partial charge in [-0.2, -0.15) is 0 Å². The lowest BCUT2D eigenvalue weighted by molar-refractivity contribution is 0.0875. The number of aryl methyl sites for hydroxylation is 1. The molecule has 3 aromatic rings. The van der Waals surface area contributed by atoms with E-state index in [1.165, 1.54) is 17.0 Å². The first-order chi connectivity index (χ1) is 12.4. The van der Waals surface area contributed by atoms with E-state index in [4.69, 9.17) is 10.2 Å². The monoisotopic (exact) mass is 350 g/mol. The predicted molar refractivity (Wildman–Crippen MR) is 95.2 cm³/mol. The van der Waals surface area contributed by atoms with Crippen molar-refractivity contribution >= 4 is 23.6 Å². The molecule has 0 bridgehead atoms. The lowest BCUT2D eigenvalue weighted by atomic mass is 10.1. The average molecular weight is 350 g/mol. The Bertz CT molecular complexity index is 1070. The maximum Gasteiger partial charge on any atom is 0.262 e. The van der Waals surface area contributed by atoms with Gasteiger partial charge < -0.3 is 15.1 Å². The molecule has 0 spiro atoms. The first kappa shape index (κ1) is 16.0. The number of nitrogens with two attached hydrogens (primary N) is 1. The third kappa shape index (κ3) is 2.54. The Labute approximate surface area is 148 Å². The van der Waals surface area contributed by atoms with Crippen molar-refractivity contribution in [3.63, 3.8) is 0 Å².